The molecule has 2 heterocycles. The van der Waals surface area contributed by atoms with Crippen molar-refractivity contribution in [2.24, 2.45) is 17.6 Å². The minimum absolute atomic E-state index is 0.00394. The Balaban J connectivity index is 1.56. The maximum atomic E-state index is 14.1. The van der Waals surface area contributed by atoms with Crippen molar-refractivity contribution < 1.29 is 9.00 Å². The number of benzene rings is 1. The third kappa shape index (κ3) is 4.69. The highest BCUT2D eigenvalue weighted by molar-refractivity contribution is 7.98. The summed E-state index contributed by atoms with van der Waals surface area (Å²) < 4.78 is 16.1. The first-order valence-corrected chi connectivity index (χ1v) is 13.2. The van der Waals surface area contributed by atoms with E-state index in [1.165, 1.54) is 5.57 Å². The van der Waals surface area contributed by atoms with Gasteiger partial charge in [0.2, 0.25) is 5.91 Å². The largest absolute Gasteiger partial charge is 0.387 e. The minimum atomic E-state index is -2.73. The van der Waals surface area contributed by atoms with E-state index in [2.05, 4.69) is 24.1 Å². The van der Waals surface area contributed by atoms with Crippen LogP contribution in [0.4, 0.5) is 0 Å². The lowest BCUT2D eigenvalue weighted by atomic mass is 9.87. The third-order valence-electron chi connectivity index (χ3n) is 7.03. The number of piperidine rings is 2. The smallest absolute Gasteiger partial charge is 0.227 e. The summed E-state index contributed by atoms with van der Waals surface area (Å²) >= 11 is 0. The standard InChI is InChI=1S/C25H34N4O2S/c1-32(31,22-10-6-3-7-11-22)29-18-21(12-13-23(29)19-8-4-2-5-9-19)25(30)28-16-14-20(15-17-28)24(26)27/h3-4,6-11,20-21,23H,1-2,5,12-18H2,(H3,26,27). The first-order chi connectivity index (χ1) is 15.4. The van der Waals surface area contributed by atoms with Crippen LogP contribution in [0.15, 0.2) is 59.0 Å². The molecule has 6 nitrogen and oxygen atoms in total. The van der Waals surface area contributed by atoms with Crippen LogP contribution in [0, 0.1) is 17.2 Å². The second-order valence-electron chi connectivity index (χ2n) is 9.08. The molecule has 1 aromatic carbocycles. The fourth-order valence-electron chi connectivity index (χ4n) is 5.12. The van der Waals surface area contributed by atoms with Crippen LogP contribution < -0.4 is 5.73 Å². The highest BCUT2D eigenvalue weighted by atomic mass is 32.2. The number of amidine groups is 1. The van der Waals surface area contributed by atoms with Crippen molar-refractivity contribution in [2.45, 2.75) is 49.5 Å². The highest BCUT2D eigenvalue weighted by Crippen LogP contribution is 2.34. The Hall–Kier alpha value is -2.38. The van der Waals surface area contributed by atoms with Crippen molar-refractivity contribution in [3.8, 4) is 0 Å². The van der Waals surface area contributed by atoms with E-state index in [-0.39, 0.29) is 29.6 Å². The van der Waals surface area contributed by atoms with E-state index in [0.717, 1.165) is 38.5 Å². The lowest BCUT2D eigenvalue weighted by Gasteiger charge is -2.43. The number of carbonyl (C=O) groups excluding carboxylic acids is 1. The summed E-state index contributed by atoms with van der Waals surface area (Å²) in [5.74, 6) is 4.42. The zero-order valence-corrected chi connectivity index (χ0v) is 19.4. The number of hydrogen-bond acceptors (Lipinski definition) is 3. The molecule has 0 saturated carbocycles. The molecule has 32 heavy (non-hydrogen) atoms. The van der Waals surface area contributed by atoms with E-state index in [4.69, 9.17) is 11.1 Å². The fraction of sp³-hybridized carbons (Fsp3) is 0.480. The van der Waals surface area contributed by atoms with Crippen LogP contribution in [0.1, 0.15) is 38.5 Å². The number of nitrogens with two attached hydrogens (primary N) is 1. The number of likely N-dealkylation sites (tertiary alicyclic amines) is 1. The van der Waals surface area contributed by atoms with Crippen LogP contribution >= 0.6 is 0 Å². The molecule has 0 aromatic heterocycles. The van der Waals surface area contributed by atoms with Gasteiger partial charge in [0.15, 0.2) is 0 Å². The molecule has 0 bridgehead atoms. The van der Waals surface area contributed by atoms with Crippen LogP contribution in [0.25, 0.3) is 0 Å². The number of amides is 1. The van der Waals surface area contributed by atoms with Gasteiger partial charge in [-0.25, -0.2) is 8.51 Å². The Labute approximate surface area is 191 Å². The molecule has 2 fully saturated rings. The molecule has 172 valence electrons. The van der Waals surface area contributed by atoms with E-state index in [0.29, 0.717) is 24.5 Å². The van der Waals surface area contributed by atoms with Gasteiger partial charge < -0.3 is 10.6 Å². The van der Waals surface area contributed by atoms with Crippen molar-refractivity contribution in [2.75, 3.05) is 19.6 Å². The monoisotopic (exact) mass is 454 g/mol. The number of hydrogen-bond donors (Lipinski definition) is 2. The third-order valence-corrected chi connectivity index (χ3v) is 9.20. The van der Waals surface area contributed by atoms with Crippen LogP contribution in [-0.2, 0) is 14.5 Å². The van der Waals surface area contributed by atoms with E-state index >= 15 is 0 Å². The molecule has 1 aliphatic carbocycles. The molecular formula is C25H34N4O2S. The molecular weight excluding hydrogens is 420 g/mol. The summed E-state index contributed by atoms with van der Waals surface area (Å²) in [4.78, 5) is 16.0. The summed E-state index contributed by atoms with van der Waals surface area (Å²) in [5, 5.41) is 7.67. The van der Waals surface area contributed by atoms with Gasteiger partial charge in [0, 0.05) is 36.5 Å². The Morgan fingerprint density at radius 2 is 1.78 bits per heavy atom. The topological polar surface area (TPSA) is 90.5 Å². The number of carbonyl (C=O) groups is 1. The zero-order valence-electron chi connectivity index (χ0n) is 18.6. The molecule has 1 amide bonds. The van der Waals surface area contributed by atoms with Crippen molar-refractivity contribution in [1.29, 1.82) is 5.41 Å². The minimum Gasteiger partial charge on any atom is -0.387 e. The van der Waals surface area contributed by atoms with Crippen molar-refractivity contribution >= 4 is 27.3 Å². The van der Waals surface area contributed by atoms with Gasteiger partial charge in [-0.05, 0) is 62.1 Å². The molecule has 3 atom stereocenters. The average Bonchev–Trinajstić information content (AvgIpc) is 2.84. The van der Waals surface area contributed by atoms with Crippen LogP contribution in [-0.4, -0.2) is 56.7 Å². The average molecular weight is 455 g/mol. The van der Waals surface area contributed by atoms with Crippen molar-refractivity contribution in [1.82, 2.24) is 9.21 Å². The van der Waals surface area contributed by atoms with Crippen LogP contribution in [0.2, 0.25) is 0 Å². The molecule has 3 N–H and O–H groups in total. The summed E-state index contributed by atoms with van der Waals surface area (Å²) in [7, 11) is -2.73. The first kappa shape index (κ1) is 22.8. The molecule has 3 unspecified atom stereocenters. The van der Waals surface area contributed by atoms with Gasteiger partial charge >= 0.3 is 0 Å². The predicted octanol–water partition coefficient (Wildman–Crippen LogP) is 3.21. The van der Waals surface area contributed by atoms with Crippen LogP contribution in [0.5, 0.6) is 0 Å². The lowest BCUT2D eigenvalue weighted by molar-refractivity contribution is -0.138. The van der Waals surface area contributed by atoms with E-state index in [1.54, 1.807) is 0 Å². The highest BCUT2D eigenvalue weighted by Gasteiger charge is 2.39. The lowest BCUT2D eigenvalue weighted by Crippen LogP contribution is -2.52. The normalized spacial score (nSPS) is 26.9. The van der Waals surface area contributed by atoms with E-state index in [1.807, 2.05) is 39.5 Å². The van der Waals surface area contributed by atoms with Gasteiger partial charge in [-0.3, -0.25) is 10.2 Å². The SMILES string of the molecule is C=S(=O)(c1ccccc1)N1CC(C(=O)N2CCC(C(=N)N)CC2)CCC1C1=CCCC=C1. The number of rotatable bonds is 5. The molecule has 0 radical (unpaired) electrons. The molecule has 7 heteroatoms. The predicted molar refractivity (Wildman–Crippen MR) is 131 cm³/mol. The fourth-order valence-corrected chi connectivity index (χ4v) is 7.03. The maximum Gasteiger partial charge on any atom is 0.227 e. The second kappa shape index (κ2) is 9.63. The van der Waals surface area contributed by atoms with Gasteiger partial charge in [-0.2, -0.15) is 0 Å². The Kier molecular flexibility index (Phi) is 6.86. The van der Waals surface area contributed by atoms with Gasteiger partial charge in [0.05, 0.1) is 21.5 Å². The molecule has 1 aromatic rings. The number of nitrogens with one attached hydrogen (secondary N) is 1. The van der Waals surface area contributed by atoms with Gasteiger partial charge in [0.25, 0.3) is 0 Å². The van der Waals surface area contributed by atoms with Crippen molar-refractivity contribution in [3.63, 3.8) is 0 Å². The Morgan fingerprint density at radius 1 is 1.06 bits per heavy atom. The Bertz CT molecular complexity index is 1010. The maximum absolute atomic E-state index is 14.1. The Morgan fingerprint density at radius 3 is 2.41 bits per heavy atom. The first-order valence-electron chi connectivity index (χ1n) is 11.6. The zero-order chi connectivity index (χ0) is 22.7. The molecule has 2 saturated heterocycles. The van der Waals surface area contributed by atoms with Gasteiger partial charge in [0.1, 0.15) is 0 Å². The van der Waals surface area contributed by atoms with Gasteiger partial charge in [-0.15, -0.1) is 0 Å². The summed E-state index contributed by atoms with van der Waals surface area (Å²) in [6, 6.07) is 9.44. The van der Waals surface area contributed by atoms with Gasteiger partial charge in [-0.1, -0.05) is 36.4 Å². The quantitative estimate of drug-likeness (QED) is 0.407. The summed E-state index contributed by atoms with van der Waals surface area (Å²) in [6.45, 7) is 1.71. The van der Waals surface area contributed by atoms with E-state index in [9.17, 15) is 9.00 Å². The van der Waals surface area contributed by atoms with Crippen LogP contribution in [0.3, 0.4) is 0 Å². The van der Waals surface area contributed by atoms with E-state index < -0.39 is 9.71 Å². The second-order valence-corrected chi connectivity index (χ2v) is 11.3. The molecule has 3 aliphatic rings. The molecule has 0 spiro atoms. The van der Waals surface area contributed by atoms with Crippen molar-refractivity contribution in [3.05, 3.63) is 54.1 Å². The molecule has 2 aliphatic heterocycles. The summed E-state index contributed by atoms with van der Waals surface area (Å²) in [6.07, 6.45) is 11.7. The summed E-state index contributed by atoms with van der Waals surface area (Å²) in [5.41, 5.74) is 6.85. The molecule has 4 rings (SSSR count). The number of nitrogens with zero attached hydrogens (tertiary/aromatic N) is 2. The number of allylic oxidation sites excluding steroid dienone is 2.